The summed E-state index contributed by atoms with van der Waals surface area (Å²) < 4.78 is 9.41. The highest BCUT2D eigenvalue weighted by molar-refractivity contribution is 7.09. The first-order valence-electron chi connectivity index (χ1n) is 8.57. The van der Waals surface area contributed by atoms with E-state index in [1.54, 1.807) is 7.11 Å². The van der Waals surface area contributed by atoms with E-state index in [0.29, 0.717) is 18.4 Å². The molecule has 3 fully saturated rings. The van der Waals surface area contributed by atoms with Crippen molar-refractivity contribution in [2.75, 3.05) is 38.2 Å². The third-order valence-electron chi connectivity index (χ3n) is 5.67. The van der Waals surface area contributed by atoms with E-state index in [1.807, 2.05) is 0 Å². The van der Waals surface area contributed by atoms with Gasteiger partial charge in [0.2, 0.25) is 11.0 Å². The lowest BCUT2D eigenvalue weighted by molar-refractivity contribution is -0.132. The van der Waals surface area contributed by atoms with Gasteiger partial charge in [-0.05, 0) is 37.5 Å². The second-order valence-electron chi connectivity index (χ2n) is 7.06. The largest absolute Gasteiger partial charge is 0.377 e. The SMILES string of the molecule is COCc1nsc(N2CCC3(CC2)C[C@@H]3C(=O)N2CCCC2)n1. The third kappa shape index (κ3) is 2.85. The molecule has 0 unspecified atom stereocenters. The van der Waals surface area contributed by atoms with Gasteiger partial charge in [-0.3, -0.25) is 4.79 Å². The number of anilines is 1. The normalized spacial score (nSPS) is 26.0. The van der Waals surface area contributed by atoms with Crippen LogP contribution in [0.15, 0.2) is 0 Å². The Morgan fingerprint density at radius 3 is 2.74 bits per heavy atom. The summed E-state index contributed by atoms with van der Waals surface area (Å²) in [4.78, 5) is 21.5. The number of piperidine rings is 1. The molecule has 2 saturated heterocycles. The minimum atomic E-state index is 0.288. The van der Waals surface area contributed by atoms with Crippen LogP contribution in [0.3, 0.4) is 0 Å². The standard InChI is InChI=1S/C16H24N4O2S/c1-22-11-13-17-15(23-18-13)20-8-4-16(5-9-20)10-12(16)14(21)19-6-2-3-7-19/h12H,2-11H2,1H3/t12-/m1/s1. The van der Waals surface area contributed by atoms with E-state index in [9.17, 15) is 4.79 Å². The van der Waals surface area contributed by atoms with E-state index in [4.69, 9.17) is 4.74 Å². The molecule has 2 aliphatic heterocycles. The van der Waals surface area contributed by atoms with E-state index in [0.717, 1.165) is 56.4 Å². The maximum Gasteiger partial charge on any atom is 0.226 e. The average Bonchev–Trinajstić information content (AvgIpc) is 2.99. The number of methoxy groups -OCH3 is 1. The Balaban J connectivity index is 1.33. The summed E-state index contributed by atoms with van der Waals surface area (Å²) in [7, 11) is 1.66. The van der Waals surface area contributed by atoms with Gasteiger partial charge in [0.25, 0.3) is 0 Å². The molecule has 6 nitrogen and oxygen atoms in total. The summed E-state index contributed by atoms with van der Waals surface area (Å²) in [5.41, 5.74) is 0.288. The summed E-state index contributed by atoms with van der Waals surface area (Å²) in [6.45, 7) is 4.41. The lowest BCUT2D eigenvalue weighted by Crippen LogP contribution is -2.37. The molecule has 1 spiro atoms. The maximum absolute atomic E-state index is 12.6. The van der Waals surface area contributed by atoms with Gasteiger partial charge < -0.3 is 14.5 Å². The zero-order chi connectivity index (χ0) is 15.9. The van der Waals surface area contributed by atoms with Crippen LogP contribution < -0.4 is 4.90 Å². The molecule has 1 saturated carbocycles. The van der Waals surface area contributed by atoms with Gasteiger partial charge >= 0.3 is 0 Å². The summed E-state index contributed by atoms with van der Waals surface area (Å²) in [6, 6.07) is 0. The van der Waals surface area contributed by atoms with Crippen molar-refractivity contribution in [2.24, 2.45) is 11.3 Å². The molecular weight excluding hydrogens is 312 g/mol. The lowest BCUT2D eigenvalue weighted by Gasteiger charge is -2.32. The molecule has 23 heavy (non-hydrogen) atoms. The number of hydrogen-bond donors (Lipinski definition) is 0. The van der Waals surface area contributed by atoms with Gasteiger partial charge in [0.15, 0.2) is 5.82 Å². The quantitative estimate of drug-likeness (QED) is 0.841. The molecule has 4 rings (SSSR count). The van der Waals surface area contributed by atoms with Crippen molar-refractivity contribution in [1.82, 2.24) is 14.3 Å². The van der Waals surface area contributed by atoms with Crippen LogP contribution >= 0.6 is 11.5 Å². The van der Waals surface area contributed by atoms with Gasteiger partial charge in [0, 0.05) is 50.7 Å². The first-order valence-corrected chi connectivity index (χ1v) is 9.34. The number of carbonyl (C=O) groups is 1. The molecule has 0 radical (unpaired) electrons. The van der Waals surface area contributed by atoms with E-state index in [1.165, 1.54) is 24.4 Å². The zero-order valence-electron chi connectivity index (χ0n) is 13.7. The Morgan fingerprint density at radius 2 is 2.04 bits per heavy atom. The van der Waals surface area contributed by atoms with Gasteiger partial charge in [0.1, 0.15) is 6.61 Å². The number of rotatable bonds is 4. The van der Waals surface area contributed by atoms with E-state index < -0.39 is 0 Å². The van der Waals surface area contributed by atoms with Gasteiger partial charge in [-0.15, -0.1) is 0 Å². The Labute approximate surface area is 141 Å². The van der Waals surface area contributed by atoms with E-state index >= 15 is 0 Å². The average molecular weight is 336 g/mol. The molecular formula is C16H24N4O2S. The molecule has 3 heterocycles. The molecule has 0 bridgehead atoms. The highest BCUT2D eigenvalue weighted by atomic mass is 32.1. The minimum Gasteiger partial charge on any atom is -0.377 e. The number of ether oxygens (including phenoxy) is 1. The fourth-order valence-corrected chi connectivity index (χ4v) is 4.84. The first-order chi connectivity index (χ1) is 11.2. The number of likely N-dealkylation sites (tertiary alicyclic amines) is 1. The van der Waals surface area contributed by atoms with Crippen molar-refractivity contribution in [3.05, 3.63) is 5.82 Å². The number of hydrogen-bond acceptors (Lipinski definition) is 6. The number of nitrogens with zero attached hydrogens (tertiary/aromatic N) is 4. The summed E-state index contributed by atoms with van der Waals surface area (Å²) in [5.74, 6) is 1.48. The summed E-state index contributed by atoms with van der Waals surface area (Å²) >= 11 is 1.45. The Hall–Kier alpha value is -1.21. The predicted octanol–water partition coefficient (Wildman–Crippen LogP) is 1.91. The minimum absolute atomic E-state index is 0.288. The fourth-order valence-electron chi connectivity index (χ4n) is 4.11. The lowest BCUT2D eigenvalue weighted by atomic mass is 9.90. The van der Waals surface area contributed by atoms with Crippen molar-refractivity contribution in [1.29, 1.82) is 0 Å². The highest BCUT2D eigenvalue weighted by Gasteiger charge is 2.59. The second-order valence-corrected chi connectivity index (χ2v) is 7.80. The number of amides is 1. The van der Waals surface area contributed by atoms with Crippen LogP contribution in [-0.2, 0) is 16.1 Å². The molecule has 126 valence electrons. The van der Waals surface area contributed by atoms with Gasteiger partial charge in [-0.2, -0.15) is 4.37 Å². The molecule has 1 amide bonds. The van der Waals surface area contributed by atoms with E-state index in [2.05, 4.69) is 19.2 Å². The smallest absolute Gasteiger partial charge is 0.226 e. The predicted molar refractivity (Wildman–Crippen MR) is 88.4 cm³/mol. The van der Waals surface area contributed by atoms with Crippen molar-refractivity contribution in [2.45, 2.75) is 38.7 Å². The monoisotopic (exact) mass is 336 g/mol. The van der Waals surface area contributed by atoms with Crippen LogP contribution in [0.25, 0.3) is 0 Å². The zero-order valence-corrected chi connectivity index (χ0v) is 14.5. The van der Waals surface area contributed by atoms with E-state index in [-0.39, 0.29) is 5.41 Å². The molecule has 0 aromatic carbocycles. The first kappa shape index (κ1) is 15.3. The summed E-state index contributed by atoms with van der Waals surface area (Å²) in [5, 5.41) is 0.995. The fraction of sp³-hybridized carbons (Fsp3) is 0.812. The summed E-state index contributed by atoms with van der Waals surface area (Å²) in [6.07, 6.45) is 5.67. The van der Waals surface area contributed by atoms with Crippen molar-refractivity contribution >= 4 is 22.6 Å². The molecule has 1 atom stereocenters. The molecule has 7 heteroatoms. The third-order valence-corrected chi connectivity index (χ3v) is 6.48. The molecule has 1 aromatic rings. The van der Waals surface area contributed by atoms with Gasteiger partial charge in [-0.25, -0.2) is 4.98 Å². The van der Waals surface area contributed by atoms with Crippen LogP contribution in [0.5, 0.6) is 0 Å². The van der Waals surface area contributed by atoms with Crippen LogP contribution in [0.2, 0.25) is 0 Å². The molecule has 0 N–H and O–H groups in total. The van der Waals surface area contributed by atoms with Crippen LogP contribution in [0, 0.1) is 11.3 Å². The topological polar surface area (TPSA) is 58.6 Å². The molecule has 3 aliphatic rings. The molecule has 1 aromatic heterocycles. The Kier molecular flexibility index (Phi) is 4.01. The van der Waals surface area contributed by atoms with Gasteiger partial charge in [-0.1, -0.05) is 0 Å². The molecule has 1 aliphatic carbocycles. The van der Waals surface area contributed by atoms with Crippen molar-refractivity contribution < 1.29 is 9.53 Å². The van der Waals surface area contributed by atoms with Crippen molar-refractivity contribution in [3.8, 4) is 0 Å². The van der Waals surface area contributed by atoms with Crippen LogP contribution in [0.4, 0.5) is 5.13 Å². The highest BCUT2D eigenvalue weighted by Crippen LogP contribution is 2.60. The van der Waals surface area contributed by atoms with Gasteiger partial charge in [0.05, 0.1) is 0 Å². The van der Waals surface area contributed by atoms with Crippen LogP contribution in [-0.4, -0.2) is 53.5 Å². The second kappa shape index (κ2) is 6.02. The number of aromatic nitrogens is 2. The maximum atomic E-state index is 12.6. The Bertz CT molecular complexity index is 576. The Morgan fingerprint density at radius 1 is 1.30 bits per heavy atom. The van der Waals surface area contributed by atoms with Crippen LogP contribution in [0.1, 0.15) is 37.9 Å². The number of carbonyl (C=O) groups excluding carboxylic acids is 1. The van der Waals surface area contributed by atoms with Crippen molar-refractivity contribution in [3.63, 3.8) is 0 Å².